The van der Waals surface area contributed by atoms with Crippen molar-refractivity contribution in [3.8, 4) is 5.75 Å². The third-order valence-corrected chi connectivity index (χ3v) is 3.95. The number of benzene rings is 1. The molecule has 3 N–H and O–H groups in total. The zero-order valence-electron chi connectivity index (χ0n) is 12.7. The van der Waals surface area contributed by atoms with Gasteiger partial charge in [-0.25, -0.2) is 4.98 Å². The van der Waals surface area contributed by atoms with Gasteiger partial charge < -0.3 is 15.4 Å². The SMILES string of the molecule is O=C(NCc1c[nH]c2ccccc12)c1ncc2cccnc2c1O. The van der Waals surface area contributed by atoms with Crippen LogP contribution in [0.25, 0.3) is 21.8 Å². The van der Waals surface area contributed by atoms with Crippen LogP contribution in [0.3, 0.4) is 0 Å². The van der Waals surface area contributed by atoms with E-state index in [0.717, 1.165) is 16.5 Å². The molecule has 24 heavy (non-hydrogen) atoms. The number of nitrogens with zero attached hydrogens (tertiary/aromatic N) is 2. The van der Waals surface area contributed by atoms with Crippen molar-refractivity contribution in [2.45, 2.75) is 6.54 Å². The molecule has 0 fully saturated rings. The summed E-state index contributed by atoms with van der Waals surface area (Å²) in [6.45, 7) is 0.338. The Balaban J connectivity index is 1.59. The second-order valence-electron chi connectivity index (χ2n) is 5.44. The summed E-state index contributed by atoms with van der Waals surface area (Å²) in [5.74, 6) is -0.644. The van der Waals surface area contributed by atoms with Gasteiger partial charge in [0.05, 0.1) is 0 Å². The number of amides is 1. The van der Waals surface area contributed by atoms with Crippen LogP contribution in [0.1, 0.15) is 16.1 Å². The Morgan fingerprint density at radius 1 is 1.17 bits per heavy atom. The predicted molar refractivity (Wildman–Crippen MR) is 90.7 cm³/mol. The van der Waals surface area contributed by atoms with Gasteiger partial charge >= 0.3 is 0 Å². The topological polar surface area (TPSA) is 90.9 Å². The molecule has 118 valence electrons. The molecule has 0 aliphatic heterocycles. The summed E-state index contributed by atoms with van der Waals surface area (Å²) in [4.78, 5) is 23.7. The van der Waals surface area contributed by atoms with Gasteiger partial charge in [0.2, 0.25) is 0 Å². The van der Waals surface area contributed by atoms with Crippen LogP contribution in [0.4, 0.5) is 0 Å². The van der Waals surface area contributed by atoms with Crippen LogP contribution in [-0.4, -0.2) is 26.0 Å². The molecule has 1 aromatic carbocycles. The fourth-order valence-corrected chi connectivity index (χ4v) is 2.73. The molecular formula is C18H14N4O2. The Bertz CT molecular complexity index is 1060. The number of carbonyl (C=O) groups excluding carboxylic acids is 1. The van der Waals surface area contributed by atoms with Gasteiger partial charge in [0.15, 0.2) is 11.4 Å². The number of nitrogens with one attached hydrogen (secondary N) is 2. The zero-order chi connectivity index (χ0) is 16.5. The van der Waals surface area contributed by atoms with E-state index in [9.17, 15) is 9.90 Å². The Hall–Kier alpha value is -3.41. The first kappa shape index (κ1) is 14.2. The van der Waals surface area contributed by atoms with E-state index in [1.54, 1.807) is 18.3 Å². The van der Waals surface area contributed by atoms with Crippen LogP contribution >= 0.6 is 0 Å². The zero-order valence-corrected chi connectivity index (χ0v) is 12.7. The highest BCUT2D eigenvalue weighted by Crippen LogP contribution is 2.24. The molecule has 0 radical (unpaired) electrons. The third-order valence-electron chi connectivity index (χ3n) is 3.95. The van der Waals surface area contributed by atoms with Gasteiger partial charge in [-0.05, 0) is 23.8 Å². The summed E-state index contributed by atoms with van der Waals surface area (Å²) in [7, 11) is 0. The maximum absolute atomic E-state index is 12.4. The van der Waals surface area contributed by atoms with Crippen LogP contribution in [0.5, 0.6) is 5.75 Å². The molecule has 4 aromatic rings. The van der Waals surface area contributed by atoms with E-state index in [1.165, 1.54) is 6.20 Å². The largest absolute Gasteiger partial charge is 0.504 e. The minimum Gasteiger partial charge on any atom is -0.504 e. The first-order valence-electron chi connectivity index (χ1n) is 7.50. The molecule has 0 saturated heterocycles. The second-order valence-corrected chi connectivity index (χ2v) is 5.44. The average Bonchev–Trinajstić information content (AvgIpc) is 3.03. The lowest BCUT2D eigenvalue weighted by Gasteiger charge is -2.07. The highest BCUT2D eigenvalue weighted by Gasteiger charge is 2.16. The van der Waals surface area contributed by atoms with Gasteiger partial charge in [-0.2, -0.15) is 0 Å². The monoisotopic (exact) mass is 318 g/mol. The summed E-state index contributed by atoms with van der Waals surface area (Å²) >= 11 is 0. The smallest absolute Gasteiger partial charge is 0.274 e. The van der Waals surface area contributed by atoms with Crippen LogP contribution in [0.2, 0.25) is 0 Å². The number of aromatic hydroxyl groups is 1. The highest BCUT2D eigenvalue weighted by molar-refractivity contribution is 6.00. The summed E-state index contributed by atoms with van der Waals surface area (Å²) < 4.78 is 0. The molecule has 6 heteroatoms. The predicted octanol–water partition coefficient (Wildman–Crippen LogP) is 2.75. The summed E-state index contributed by atoms with van der Waals surface area (Å²) in [6, 6.07) is 11.4. The van der Waals surface area contributed by atoms with Crippen LogP contribution in [0, 0.1) is 0 Å². The number of H-pyrrole nitrogens is 1. The molecule has 0 unspecified atom stereocenters. The van der Waals surface area contributed by atoms with Crippen molar-refractivity contribution in [2.75, 3.05) is 0 Å². The van der Waals surface area contributed by atoms with Gasteiger partial charge in [-0.1, -0.05) is 18.2 Å². The standard InChI is InChI=1S/C18H14N4O2/c23-17-15-11(4-3-7-19-15)8-21-16(17)18(24)22-10-12-9-20-14-6-2-1-5-13(12)14/h1-9,20,23H,10H2,(H,22,24). The normalized spacial score (nSPS) is 11.0. The molecule has 3 aromatic heterocycles. The molecule has 0 aliphatic rings. The number of hydrogen-bond acceptors (Lipinski definition) is 4. The van der Waals surface area contributed by atoms with Crippen molar-refractivity contribution in [1.82, 2.24) is 20.3 Å². The molecular weight excluding hydrogens is 304 g/mol. The van der Waals surface area contributed by atoms with Crippen molar-refractivity contribution in [3.63, 3.8) is 0 Å². The van der Waals surface area contributed by atoms with E-state index < -0.39 is 5.91 Å². The Morgan fingerprint density at radius 2 is 2.04 bits per heavy atom. The van der Waals surface area contributed by atoms with Crippen molar-refractivity contribution < 1.29 is 9.90 Å². The molecule has 3 heterocycles. The first-order valence-corrected chi connectivity index (χ1v) is 7.50. The second kappa shape index (κ2) is 5.66. The average molecular weight is 318 g/mol. The van der Waals surface area contributed by atoms with E-state index in [1.807, 2.05) is 30.5 Å². The summed E-state index contributed by atoms with van der Waals surface area (Å²) in [5.41, 5.74) is 2.32. The molecule has 1 amide bonds. The van der Waals surface area contributed by atoms with E-state index >= 15 is 0 Å². The van der Waals surface area contributed by atoms with E-state index in [2.05, 4.69) is 20.3 Å². The highest BCUT2D eigenvalue weighted by atomic mass is 16.3. The lowest BCUT2D eigenvalue weighted by Crippen LogP contribution is -2.23. The van der Waals surface area contributed by atoms with Crippen LogP contribution in [0.15, 0.2) is 55.0 Å². The molecule has 6 nitrogen and oxygen atoms in total. The van der Waals surface area contributed by atoms with Crippen molar-refractivity contribution >= 4 is 27.7 Å². The van der Waals surface area contributed by atoms with Gasteiger partial charge in [-0.3, -0.25) is 9.78 Å². The maximum Gasteiger partial charge on any atom is 0.274 e. The Morgan fingerprint density at radius 3 is 2.96 bits per heavy atom. The number of para-hydroxylation sites is 1. The number of rotatable bonds is 3. The Kier molecular flexibility index (Phi) is 3.35. The molecule has 4 rings (SSSR count). The van der Waals surface area contributed by atoms with Gasteiger partial charge in [0, 0.05) is 41.4 Å². The quantitative estimate of drug-likeness (QED) is 0.542. The van der Waals surface area contributed by atoms with E-state index in [0.29, 0.717) is 17.4 Å². The first-order chi connectivity index (χ1) is 11.7. The van der Waals surface area contributed by atoms with Gasteiger partial charge in [0.25, 0.3) is 5.91 Å². The third kappa shape index (κ3) is 2.34. The number of carbonyl (C=O) groups is 1. The van der Waals surface area contributed by atoms with Crippen molar-refractivity contribution in [2.24, 2.45) is 0 Å². The lowest BCUT2D eigenvalue weighted by molar-refractivity contribution is 0.0943. The molecule has 0 spiro atoms. The number of fused-ring (bicyclic) bond motifs is 2. The minimum atomic E-state index is -0.440. The van der Waals surface area contributed by atoms with E-state index in [-0.39, 0.29) is 11.4 Å². The number of pyridine rings is 2. The van der Waals surface area contributed by atoms with Crippen LogP contribution < -0.4 is 5.32 Å². The molecule has 0 aliphatic carbocycles. The van der Waals surface area contributed by atoms with E-state index in [4.69, 9.17) is 0 Å². The number of aromatic nitrogens is 3. The van der Waals surface area contributed by atoms with Gasteiger partial charge in [0.1, 0.15) is 5.52 Å². The van der Waals surface area contributed by atoms with Crippen molar-refractivity contribution in [1.29, 1.82) is 0 Å². The molecule has 0 saturated carbocycles. The maximum atomic E-state index is 12.4. The Labute approximate surface area is 137 Å². The fourth-order valence-electron chi connectivity index (χ4n) is 2.73. The fraction of sp³-hybridized carbons (Fsp3) is 0.0556. The molecule has 0 bridgehead atoms. The summed E-state index contributed by atoms with van der Waals surface area (Å²) in [5, 5.41) is 14.8. The molecule has 0 atom stereocenters. The van der Waals surface area contributed by atoms with Crippen LogP contribution in [-0.2, 0) is 6.54 Å². The van der Waals surface area contributed by atoms with Gasteiger partial charge in [-0.15, -0.1) is 0 Å². The number of hydrogen-bond donors (Lipinski definition) is 3. The minimum absolute atomic E-state index is 0.0268. The number of aromatic amines is 1. The lowest BCUT2D eigenvalue weighted by atomic mass is 10.1. The summed E-state index contributed by atoms with van der Waals surface area (Å²) in [6.07, 6.45) is 4.96. The van der Waals surface area contributed by atoms with Crippen molar-refractivity contribution in [3.05, 3.63) is 66.2 Å².